The van der Waals surface area contributed by atoms with Gasteiger partial charge in [0.15, 0.2) is 0 Å². The molecule has 0 heterocycles. The Bertz CT molecular complexity index is 2280. The normalized spacial score (nSPS) is 19.0. The first-order valence-corrected chi connectivity index (χ1v) is 21.7. The topological polar surface area (TPSA) is 217 Å². The Balaban J connectivity index is 0.000000355. The molecule has 1 amide bonds. The number of benzene rings is 5. The minimum Gasteiger partial charge on any atom is -0.497 e. The van der Waals surface area contributed by atoms with Gasteiger partial charge in [-0.25, -0.2) is 9.59 Å². The molecule has 0 unspecified atom stereocenters. The number of nitrogens with two attached hydrogens (primary N) is 1. The molecule has 7 rings (SSSR count). The molecule has 2 saturated carbocycles. The van der Waals surface area contributed by atoms with Gasteiger partial charge in [0.05, 0.1) is 41.7 Å². The zero-order valence-electron chi connectivity index (χ0n) is 38.5. The van der Waals surface area contributed by atoms with Gasteiger partial charge >= 0.3 is 18.0 Å². The maximum absolute atomic E-state index is 12.7. The van der Waals surface area contributed by atoms with E-state index >= 15 is 0 Å². The van der Waals surface area contributed by atoms with Gasteiger partial charge in [-0.1, -0.05) is 91.0 Å². The predicted octanol–water partition coefficient (Wildman–Crippen LogP) is 7.23. The second-order valence-electron chi connectivity index (χ2n) is 16.3. The van der Waals surface area contributed by atoms with Crippen molar-refractivity contribution in [3.63, 3.8) is 0 Å². The molecule has 4 atom stereocenters. The Hall–Kier alpha value is -5.95. The fraction of sp³-hybridized carbons (Fsp3) is 0.365. The number of nitrogens with one attached hydrogen (secondary N) is 1. The molecule has 0 bridgehead atoms. The summed E-state index contributed by atoms with van der Waals surface area (Å²) in [5, 5.41) is 2.81. The summed E-state index contributed by atoms with van der Waals surface area (Å²) < 4.78 is 37.4. The second-order valence-corrected chi connectivity index (χ2v) is 16.3. The fourth-order valence-corrected chi connectivity index (χ4v) is 8.45. The van der Waals surface area contributed by atoms with E-state index in [-0.39, 0.29) is 49.9 Å². The van der Waals surface area contributed by atoms with Crippen molar-refractivity contribution in [2.75, 3.05) is 41.7 Å². The first-order chi connectivity index (χ1) is 31.0. The van der Waals surface area contributed by atoms with Crippen LogP contribution in [0.4, 0.5) is 4.79 Å². The van der Waals surface area contributed by atoms with Gasteiger partial charge in [0, 0.05) is 45.4 Å². The van der Waals surface area contributed by atoms with E-state index in [0.717, 1.165) is 65.4 Å². The third-order valence-corrected chi connectivity index (χ3v) is 12.1. The fourth-order valence-electron chi connectivity index (χ4n) is 8.45. The first kappa shape index (κ1) is 55.4. The molecule has 2 aliphatic carbocycles. The number of alkyl carbamates (subject to hydrolysis) is 1. The molecule has 14 nitrogen and oxygen atoms in total. The number of carbonyl (C=O) groups is 3. The zero-order chi connectivity index (χ0) is 45.4. The van der Waals surface area contributed by atoms with Crippen LogP contribution in [0.15, 0.2) is 127 Å². The average molecular weight is 1020 g/mol. The van der Waals surface area contributed by atoms with Gasteiger partial charge in [-0.3, -0.25) is 4.79 Å². The third-order valence-electron chi connectivity index (χ3n) is 12.1. The molecule has 67 heavy (non-hydrogen) atoms. The van der Waals surface area contributed by atoms with E-state index in [1.54, 1.807) is 14.2 Å². The summed E-state index contributed by atoms with van der Waals surface area (Å²) in [4.78, 5) is 37.2. The van der Waals surface area contributed by atoms with Crippen molar-refractivity contribution in [3.8, 4) is 23.0 Å². The maximum atomic E-state index is 12.7. The van der Waals surface area contributed by atoms with Gasteiger partial charge in [-0.2, -0.15) is 0 Å². The van der Waals surface area contributed by atoms with Crippen LogP contribution >= 0.6 is 0 Å². The average Bonchev–Trinajstić information content (AvgIpc) is 3.96. The number of carbonyl (C=O) groups excluding carboxylic acids is 3. The van der Waals surface area contributed by atoms with E-state index < -0.39 is 23.1 Å². The number of methoxy groups -OCH3 is 4. The third kappa shape index (κ3) is 15.6. The molecule has 7 N–H and O–H groups in total. The number of amides is 1. The Morgan fingerprint density at radius 3 is 1.55 bits per heavy atom. The molecule has 2 aliphatic rings. The van der Waals surface area contributed by atoms with Crippen molar-refractivity contribution < 1.29 is 78.9 Å². The van der Waals surface area contributed by atoms with Crippen molar-refractivity contribution >= 4 is 18.0 Å². The number of hydrogen-bond donors (Lipinski definition) is 2. The SMILES string of the molecule is COC(=O)[C@@]1(N)CC[C@@H](c2ccc(CCOc3cccc(OC)c3)cc2)C1.COC(=O)[C@@]1(NC(=O)OCc2ccccc2)CC[C@@H](c2ccc(CCOc3cccc(OC)c3)cc2)C1.O.O.[Pd]. The van der Waals surface area contributed by atoms with Gasteiger partial charge in [-0.15, -0.1) is 0 Å². The number of esters is 2. The summed E-state index contributed by atoms with van der Waals surface area (Å²) in [6.45, 7) is 1.29. The van der Waals surface area contributed by atoms with Gasteiger partial charge < -0.3 is 55.2 Å². The summed E-state index contributed by atoms with van der Waals surface area (Å²) in [5.74, 6) is 2.80. The summed E-state index contributed by atoms with van der Waals surface area (Å²) in [5.41, 5.74) is 9.87. The van der Waals surface area contributed by atoms with Crippen LogP contribution in [0.3, 0.4) is 0 Å². The van der Waals surface area contributed by atoms with E-state index in [9.17, 15) is 14.4 Å². The molecule has 2 fully saturated rings. The first-order valence-electron chi connectivity index (χ1n) is 21.7. The summed E-state index contributed by atoms with van der Waals surface area (Å²) in [6.07, 6.45) is 4.88. The van der Waals surface area contributed by atoms with Crippen LogP contribution in [0.1, 0.15) is 78.2 Å². The largest absolute Gasteiger partial charge is 0.497 e. The molecule has 0 aromatic heterocycles. The van der Waals surface area contributed by atoms with Gasteiger partial charge in [0.1, 0.15) is 40.7 Å². The molecule has 15 heteroatoms. The molecule has 5 aromatic rings. The summed E-state index contributed by atoms with van der Waals surface area (Å²) in [6, 6.07) is 41.5. The van der Waals surface area contributed by atoms with Crippen LogP contribution in [0.2, 0.25) is 0 Å². The molecular formula is C52H64N2O12Pd. The van der Waals surface area contributed by atoms with E-state index in [1.165, 1.54) is 25.3 Å². The van der Waals surface area contributed by atoms with Crippen LogP contribution in [0.5, 0.6) is 23.0 Å². The van der Waals surface area contributed by atoms with Gasteiger partial charge in [0.2, 0.25) is 0 Å². The van der Waals surface area contributed by atoms with E-state index in [1.807, 2.05) is 78.9 Å². The standard InChI is InChI=1S/C30H33NO6.C22H27NO4.2H2O.Pd/c1-34-26-9-6-10-27(19-26)36-18-16-22-11-13-24(14-12-22)25-15-17-30(20-25,28(32)35-2)31-29(33)37-21-23-7-4-3-5-8-23;1-25-19-4-3-5-20(14-19)27-13-11-16-6-8-17(9-7-16)18-10-12-22(23,15-18)21(24)26-2;;;/h3-14,19,25H,15-18,20-21H2,1-2H3,(H,31,33);3-9,14,18H,10-13,15,23H2,1-2H3;2*1H2;/t25-,30-;18-,22-;;;/m11.../s1. The Labute approximate surface area is 407 Å². The smallest absolute Gasteiger partial charge is 0.408 e. The van der Waals surface area contributed by atoms with Crippen LogP contribution < -0.4 is 30.0 Å². The summed E-state index contributed by atoms with van der Waals surface area (Å²) in [7, 11) is 6.02. The quantitative estimate of drug-likeness (QED) is 0.0538. The second kappa shape index (κ2) is 27.0. The Morgan fingerprint density at radius 2 is 1.06 bits per heavy atom. The van der Waals surface area contributed by atoms with Crippen molar-refractivity contribution in [2.45, 2.75) is 80.9 Å². The number of rotatable bonds is 17. The van der Waals surface area contributed by atoms with Crippen LogP contribution in [-0.4, -0.2) is 81.7 Å². The van der Waals surface area contributed by atoms with Crippen molar-refractivity contribution in [1.82, 2.24) is 5.32 Å². The summed E-state index contributed by atoms with van der Waals surface area (Å²) >= 11 is 0. The predicted molar refractivity (Wildman–Crippen MR) is 251 cm³/mol. The Kier molecular flexibility index (Phi) is 22.3. The molecular weight excluding hydrogens is 951 g/mol. The molecule has 364 valence electrons. The van der Waals surface area contributed by atoms with Crippen molar-refractivity contribution in [2.24, 2.45) is 5.73 Å². The van der Waals surface area contributed by atoms with E-state index in [0.29, 0.717) is 44.8 Å². The van der Waals surface area contributed by atoms with Crippen LogP contribution in [-0.2, 0) is 63.7 Å². The minimum atomic E-state index is -1.10. The van der Waals surface area contributed by atoms with Crippen LogP contribution in [0, 0.1) is 0 Å². The minimum absolute atomic E-state index is 0. The van der Waals surface area contributed by atoms with Crippen molar-refractivity contribution in [1.29, 1.82) is 0 Å². The number of ether oxygens (including phenoxy) is 7. The maximum Gasteiger partial charge on any atom is 0.408 e. The van der Waals surface area contributed by atoms with Crippen LogP contribution in [0.25, 0.3) is 0 Å². The zero-order valence-corrected chi connectivity index (χ0v) is 40.1. The van der Waals surface area contributed by atoms with Gasteiger partial charge in [0.25, 0.3) is 0 Å². The number of hydrogen-bond acceptors (Lipinski definition) is 11. The molecule has 0 radical (unpaired) electrons. The van der Waals surface area contributed by atoms with Crippen molar-refractivity contribution in [3.05, 3.63) is 155 Å². The van der Waals surface area contributed by atoms with E-state index in [2.05, 4.69) is 53.8 Å². The Morgan fingerprint density at radius 1 is 0.582 bits per heavy atom. The monoisotopic (exact) mass is 1010 g/mol. The van der Waals surface area contributed by atoms with E-state index in [4.69, 9.17) is 38.9 Å². The molecule has 0 saturated heterocycles. The molecule has 5 aromatic carbocycles. The molecule has 0 aliphatic heterocycles. The van der Waals surface area contributed by atoms with Gasteiger partial charge in [-0.05, 0) is 102 Å². The molecule has 0 spiro atoms.